The van der Waals surface area contributed by atoms with Crippen LogP contribution < -0.4 is 0 Å². The molecule has 0 aliphatic heterocycles. The lowest BCUT2D eigenvalue weighted by atomic mass is 9.52. The first-order valence-electron chi connectivity index (χ1n) is 8.67. The smallest absolute Gasteiger partial charge is 0.303 e. The average molecular weight is 320 g/mol. The van der Waals surface area contributed by atoms with Crippen LogP contribution in [0.3, 0.4) is 0 Å². The van der Waals surface area contributed by atoms with Gasteiger partial charge in [-0.3, -0.25) is 9.59 Å². The average Bonchev–Trinajstić information content (AvgIpc) is 2.81. The standard InChI is InChI=1S/C19H28O4/c1-10-7-8-19-11(2)15(22-12(3)20)9-14(18(19,5)6)17(16(10)19)23-13(4)21/h11,14-15,17H,7-9H2,1-6H3/t11-,14-,15+,17+,19+/m1/s1. The Labute approximate surface area is 138 Å². The third-order valence-corrected chi connectivity index (χ3v) is 6.99. The van der Waals surface area contributed by atoms with Crippen LogP contribution in [-0.4, -0.2) is 24.1 Å². The minimum atomic E-state index is -0.225. The molecule has 3 aliphatic rings. The van der Waals surface area contributed by atoms with Gasteiger partial charge in [-0.05, 0) is 37.2 Å². The van der Waals surface area contributed by atoms with Gasteiger partial charge in [0, 0.05) is 31.1 Å². The predicted molar refractivity (Wildman–Crippen MR) is 86.5 cm³/mol. The number of carbonyl (C=O) groups is 2. The molecule has 0 radical (unpaired) electrons. The molecular weight excluding hydrogens is 292 g/mol. The van der Waals surface area contributed by atoms with E-state index in [1.807, 2.05) is 0 Å². The molecular formula is C19H28O4. The van der Waals surface area contributed by atoms with Crippen LogP contribution in [0.25, 0.3) is 0 Å². The molecule has 0 aromatic carbocycles. The van der Waals surface area contributed by atoms with Crippen molar-refractivity contribution in [3.8, 4) is 0 Å². The molecule has 2 saturated carbocycles. The molecule has 0 saturated heterocycles. The third-order valence-electron chi connectivity index (χ3n) is 6.99. The van der Waals surface area contributed by atoms with Crippen LogP contribution in [0.5, 0.6) is 0 Å². The molecule has 4 nitrogen and oxygen atoms in total. The Bertz CT molecular complexity index is 588. The Hall–Kier alpha value is -1.32. The topological polar surface area (TPSA) is 52.6 Å². The highest BCUT2D eigenvalue weighted by Crippen LogP contribution is 2.73. The van der Waals surface area contributed by atoms with Crippen molar-refractivity contribution in [1.82, 2.24) is 0 Å². The van der Waals surface area contributed by atoms with Gasteiger partial charge < -0.3 is 9.47 Å². The molecule has 0 N–H and O–H groups in total. The first-order chi connectivity index (χ1) is 10.6. The number of hydrogen-bond acceptors (Lipinski definition) is 4. The van der Waals surface area contributed by atoms with Gasteiger partial charge in [0.05, 0.1) is 0 Å². The van der Waals surface area contributed by atoms with E-state index in [0.29, 0.717) is 0 Å². The first-order valence-corrected chi connectivity index (χ1v) is 8.67. The molecule has 3 aliphatic carbocycles. The minimum Gasteiger partial charge on any atom is -0.462 e. The molecule has 5 atom stereocenters. The Morgan fingerprint density at radius 3 is 2.30 bits per heavy atom. The van der Waals surface area contributed by atoms with Crippen LogP contribution in [-0.2, 0) is 19.1 Å². The molecule has 0 amide bonds. The van der Waals surface area contributed by atoms with Crippen molar-refractivity contribution >= 4 is 11.9 Å². The zero-order valence-corrected chi connectivity index (χ0v) is 15.1. The summed E-state index contributed by atoms with van der Waals surface area (Å²) >= 11 is 0. The van der Waals surface area contributed by atoms with E-state index in [2.05, 4.69) is 27.7 Å². The molecule has 0 aromatic rings. The van der Waals surface area contributed by atoms with Crippen LogP contribution in [0.4, 0.5) is 0 Å². The van der Waals surface area contributed by atoms with E-state index in [9.17, 15) is 9.59 Å². The Kier molecular flexibility index (Phi) is 3.66. The van der Waals surface area contributed by atoms with Crippen LogP contribution in [0.15, 0.2) is 11.1 Å². The summed E-state index contributed by atoms with van der Waals surface area (Å²) in [5.74, 6) is 0.00175. The lowest BCUT2D eigenvalue weighted by molar-refractivity contribution is -0.167. The normalized spacial score (nSPS) is 40.8. The van der Waals surface area contributed by atoms with Crippen LogP contribution >= 0.6 is 0 Å². The maximum atomic E-state index is 11.7. The molecule has 128 valence electrons. The summed E-state index contributed by atoms with van der Waals surface area (Å²) in [6.07, 6.45) is 2.62. The Morgan fingerprint density at radius 1 is 1.13 bits per heavy atom. The van der Waals surface area contributed by atoms with Crippen molar-refractivity contribution in [3.05, 3.63) is 11.1 Å². The van der Waals surface area contributed by atoms with Crippen molar-refractivity contribution in [1.29, 1.82) is 0 Å². The summed E-state index contributed by atoms with van der Waals surface area (Å²) in [7, 11) is 0. The van der Waals surface area contributed by atoms with Gasteiger partial charge >= 0.3 is 11.9 Å². The Morgan fingerprint density at radius 2 is 1.74 bits per heavy atom. The zero-order valence-electron chi connectivity index (χ0n) is 15.1. The molecule has 23 heavy (non-hydrogen) atoms. The van der Waals surface area contributed by atoms with E-state index < -0.39 is 0 Å². The van der Waals surface area contributed by atoms with E-state index in [0.717, 1.165) is 19.3 Å². The number of rotatable bonds is 2. The molecule has 3 rings (SSSR count). The van der Waals surface area contributed by atoms with Gasteiger partial charge in [0.15, 0.2) is 0 Å². The van der Waals surface area contributed by atoms with Crippen molar-refractivity contribution in [2.75, 3.05) is 0 Å². The van der Waals surface area contributed by atoms with Crippen LogP contribution in [0.1, 0.15) is 60.8 Å². The summed E-state index contributed by atoms with van der Waals surface area (Å²) in [5.41, 5.74) is 2.70. The predicted octanol–water partition coefficient (Wildman–Crippen LogP) is 3.64. The second kappa shape index (κ2) is 5.09. The summed E-state index contributed by atoms with van der Waals surface area (Å²) in [6, 6.07) is 0. The maximum absolute atomic E-state index is 11.7. The zero-order chi connectivity index (χ0) is 17.2. The molecule has 2 bridgehead atoms. The minimum absolute atomic E-state index is 0.0275. The van der Waals surface area contributed by atoms with Gasteiger partial charge in [-0.2, -0.15) is 0 Å². The fraction of sp³-hybridized carbons (Fsp3) is 0.789. The van der Waals surface area contributed by atoms with Crippen molar-refractivity contribution < 1.29 is 19.1 Å². The highest BCUT2D eigenvalue weighted by atomic mass is 16.6. The molecule has 1 spiro atoms. The Balaban J connectivity index is 2.12. The van der Waals surface area contributed by atoms with Crippen LogP contribution in [0, 0.1) is 22.7 Å². The van der Waals surface area contributed by atoms with E-state index >= 15 is 0 Å². The molecule has 0 unspecified atom stereocenters. The van der Waals surface area contributed by atoms with Crippen molar-refractivity contribution in [2.45, 2.75) is 73.0 Å². The van der Waals surface area contributed by atoms with Crippen molar-refractivity contribution in [3.63, 3.8) is 0 Å². The number of carbonyl (C=O) groups excluding carboxylic acids is 2. The largest absolute Gasteiger partial charge is 0.462 e. The van der Waals surface area contributed by atoms with Gasteiger partial charge in [-0.15, -0.1) is 0 Å². The third kappa shape index (κ3) is 2.03. The highest BCUT2D eigenvalue weighted by Gasteiger charge is 2.71. The summed E-state index contributed by atoms with van der Waals surface area (Å²) in [5, 5.41) is 0. The highest BCUT2D eigenvalue weighted by molar-refractivity contribution is 5.67. The number of hydrogen-bond donors (Lipinski definition) is 0. The number of allylic oxidation sites excluding steroid dienone is 1. The van der Waals surface area contributed by atoms with Crippen LogP contribution in [0.2, 0.25) is 0 Å². The first kappa shape index (κ1) is 16.5. The monoisotopic (exact) mass is 320 g/mol. The van der Waals surface area contributed by atoms with E-state index in [1.165, 1.54) is 25.0 Å². The number of ether oxygens (including phenoxy) is 2. The fourth-order valence-electron chi connectivity index (χ4n) is 6.04. The molecule has 0 aromatic heterocycles. The van der Waals surface area contributed by atoms with E-state index in [4.69, 9.17) is 9.47 Å². The second-order valence-electron chi connectivity index (χ2n) is 8.20. The van der Waals surface area contributed by atoms with Gasteiger partial charge in [-0.25, -0.2) is 0 Å². The van der Waals surface area contributed by atoms with Gasteiger partial charge in [0.1, 0.15) is 12.2 Å². The van der Waals surface area contributed by atoms with Gasteiger partial charge in [0.25, 0.3) is 0 Å². The molecule has 2 fully saturated rings. The van der Waals surface area contributed by atoms with E-state index in [-0.39, 0.29) is 46.8 Å². The maximum Gasteiger partial charge on any atom is 0.303 e. The fourth-order valence-corrected chi connectivity index (χ4v) is 6.04. The van der Waals surface area contributed by atoms with E-state index in [1.54, 1.807) is 0 Å². The lowest BCUT2D eigenvalue weighted by Gasteiger charge is -2.53. The lowest BCUT2D eigenvalue weighted by Crippen LogP contribution is -2.52. The number of esters is 2. The summed E-state index contributed by atoms with van der Waals surface area (Å²) < 4.78 is 11.5. The molecule has 0 heterocycles. The second-order valence-corrected chi connectivity index (χ2v) is 8.20. The number of fused-ring (bicyclic) bond motifs is 1. The summed E-state index contributed by atoms with van der Waals surface area (Å²) in [4.78, 5) is 23.2. The SMILES string of the molecule is CC(=O)O[C@H]1C[C@@H]2[C@H](OC(C)=O)C3=C(C)CC[C@@]3([C@@H]1C)C2(C)C. The van der Waals surface area contributed by atoms with Crippen molar-refractivity contribution in [2.24, 2.45) is 22.7 Å². The van der Waals surface area contributed by atoms with Gasteiger partial charge in [0.2, 0.25) is 0 Å². The summed E-state index contributed by atoms with van der Waals surface area (Å²) in [6.45, 7) is 12.0. The molecule has 4 heteroatoms. The van der Waals surface area contributed by atoms with Gasteiger partial charge in [-0.1, -0.05) is 26.3 Å². The quantitative estimate of drug-likeness (QED) is 0.576.